The first-order chi connectivity index (χ1) is 12.4. The first kappa shape index (κ1) is 18.8. The van der Waals surface area contributed by atoms with Crippen LogP contribution in [0.4, 0.5) is 0 Å². The van der Waals surface area contributed by atoms with Gasteiger partial charge in [0.25, 0.3) is 0 Å². The Labute approximate surface area is 153 Å². The van der Waals surface area contributed by atoms with Gasteiger partial charge in [-0.1, -0.05) is 6.92 Å². The Bertz CT molecular complexity index is 901. The molecule has 1 N–H and O–H groups in total. The van der Waals surface area contributed by atoms with Crippen molar-refractivity contribution in [1.82, 2.24) is 19.2 Å². The van der Waals surface area contributed by atoms with Gasteiger partial charge in [-0.2, -0.15) is 4.31 Å². The molecule has 2 aromatic rings. The number of rotatable bonds is 6. The summed E-state index contributed by atoms with van der Waals surface area (Å²) in [4.78, 5) is 16.1. The lowest BCUT2D eigenvalue weighted by atomic mass is 10.3. The fraction of sp³-hybridized carbons (Fsp3) is 0.529. The maximum atomic E-state index is 12.8. The molecule has 0 aliphatic carbocycles. The summed E-state index contributed by atoms with van der Waals surface area (Å²) in [5.74, 6) is 0.789. The molecule has 1 aliphatic heterocycles. The highest BCUT2D eigenvalue weighted by Gasteiger charge is 2.27. The Hall–Kier alpha value is -1.97. The largest absolute Gasteiger partial charge is 0.379 e. The van der Waals surface area contributed by atoms with Gasteiger partial charge in [-0.05, 0) is 25.1 Å². The van der Waals surface area contributed by atoms with E-state index in [1.165, 1.54) is 4.31 Å². The monoisotopic (exact) mass is 380 g/mol. The SMILES string of the molecule is CCC(=O)NCCn1c(C)nc2cc(S(=O)(=O)N3CCOCC3)ccc21. The second kappa shape index (κ2) is 7.73. The highest BCUT2D eigenvalue weighted by molar-refractivity contribution is 7.89. The maximum Gasteiger partial charge on any atom is 0.243 e. The van der Waals surface area contributed by atoms with E-state index in [1.807, 2.05) is 18.4 Å². The minimum Gasteiger partial charge on any atom is -0.379 e. The standard InChI is InChI=1S/C17H24N4O4S/c1-3-17(22)18-6-7-21-13(2)19-15-12-14(4-5-16(15)21)26(23,24)20-8-10-25-11-9-20/h4-5,12H,3,6-11H2,1-2H3,(H,18,22). The first-order valence-electron chi connectivity index (χ1n) is 8.75. The van der Waals surface area contributed by atoms with Crippen molar-refractivity contribution in [3.8, 4) is 0 Å². The number of benzene rings is 1. The molecule has 1 aromatic heterocycles. The van der Waals surface area contributed by atoms with Gasteiger partial charge < -0.3 is 14.6 Å². The minimum atomic E-state index is -3.54. The van der Waals surface area contributed by atoms with E-state index in [9.17, 15) is 13.2 Å². The van der Waals surface area contributed by atoms with Crippen molar-refractivity contribution in [2.75, 3.05) is 32.8 Å². The number of hydrogen-bond acceptors (Lipinski definition) is 5. The Morgan fingerprint density at radius 2 is 2.04 bits per heavy atom. The van der Waals surface area contributed by atoms with E-state index < -0.39 is 10.0 Å². The van der Waals surface area contributed by atoms with Gasteiger partial charge in [-0.15, -0.1) is 0 Å². The van der Waals surface area contributed by atoms with Crippen LogP contribution < -0.4 is 5.32 Å². The van der Waals surface area contributed by atoms with Crippen molar-refractivity contribution in [3.05, 3.63) is 24.0 Å². The number of fused-ring (bicyclic) bond motifs is 1. The topological polar surface area (TPSA) is 93.5 Å². The molecule has 0 radical (unpaired) electrons. The average Bonchev–Trinajstić information content (AvgIpc) is 2.97. The molecule has 142 valence electrons. The lowest BCUT2D eigenvalue weighted by Crippen LogP contribution is -2.40. The van der Waals surface area contributed by atoms with Gasteiger partial charge in [0.15, 0.2) is 0 Å². The fourth-order valence-electron chi connectivity index (χ4n) is 3.04. The molecule has 0 atom stereocenters. The summed E-state index contributed by atoms with van der Waals surface area (Å²) in [6.45, 7) is 6.34. The molecule has 1 fully saturated rings. The van der Waals surface area contributed by atoms with E-state index in [0.29, 0.717) is 51.3 Å². The van der Waals surface area contributed by atoms with Gasteiger partial charge in [0, 0.05) is 32.6 Å². The van der Waals surface area contributed by atoms with Crippen LogP contribution in [-0.4, -0.2) is 61.0 Å². The summed E-state index contributed by atoms with van der Waals surface area (Å²) in [7, 11) is -3.54. The van der Waals surface area contributed by atoms with Crippen molar-refractivity contribution in [2.45, 2.75) is 31.7 Å². The summed E-state index contributed by atoms with van der Waals surface area (Å²) in [5, 5.41) is 2.84. The molecule has 26 heavy (non-hydrogen) atoms. The number of morpholine rings is 1. The van der Waals surface area contributed by atoms with E-state index in [2.05, 4.69) is 10.3 Å². The Morgan fingerprint density at radius 1 is 1.31 bits per heavy atom. The van der Waals surface area contributed by atoms with Gasteiger partial charge in [-0.3, -0.25) is 4.79 Å². The molecule has 1 aromatic carbocycles. The normalized spacial score (nSPS) is 16.1. The molecule has 0 saturated carbocycles. The number of imidazole rings is 1. The predicted molar refractivity (Wildman–Crippen MR) is 97.3 cm³/mol. The van der Waals surface area contributed by atoms with E-state index in [0.717, 1.165) is 11.3 Å². The fourth-order valence-corrected chi connectivity index (χ4v) is 4.47. The predicted octanol–water partition coefficient (Wildman–Crippen LogP) is 0.892. The van der Waals surface area contributed by atoms with Crippen LogP contribution in [0.15, 0.2) is 23.1 Å². The lowest BCUT2D eigenvalue weighted by Gasteiger charge is -2.26. The number of carbonyl (C=O) groups excluding carboxylic acids is 1. The third-order valence-corrected chi connectivity index (χ3v) is 6.39. The van der Waals surface area contributed by atoms with Crippen LogP contribution in [0, 0.1) is 6.92 Å². The van der Waals surface area contributed by atoms with Crippen LogP contribution in [0.1, 0.15) is 19.2 Å². The molecule has 1 amide bonds. The molecule has 0 bridgehead atoms. The highest BCUT2D eigenvalue weighted by atomic mass is 32.2. The number of aryl methyl sites for hydroxylation is 1. The molecular weight excluding hydrogens is 356 g/mol. The molecule has 0 unspecified atom stereocenters. The number of nitrogens with one attached hydrogen (secondary N) is 1. The summed E-state index contributed by atoms with van der Waals surface area (Å²) >= 11 is 0. The summed E-state index contributed by atoms with van der Waals surface area (Å²) < 4.78 is 34.2. The third-order valence-electron chi connectivity index (χ3n) is 4.50. The molecular formula is C17H24N4O4S. The van der Waals surface area contributed by atoms with Crippen LogP contribution in [0.25, 0.3) is 11.0 Å². The van der Waals surface area contributed by atoms with Gasteiger partial charge in [0.2, 0.25) is 15.9 Å². The van der Waals surface area contributed by atoms with E-state index in [4.69, 9.17) is 4.74 Å². The molecule has 9 heteroatoms. The number of amides is 1. The van der Waals surface area contributed by atoms with Crippen LogP contribution in [-0.2, 0) is 26.1 Å². The van der Waals surface area contributed by atoms with E-state index in [1.54, 1.807) is 18.2 Å². The van der Waals surface area contributed by atoms with Crippen LogP contribution in [0.3, 0.4) is 0 Å². The van der Waals surface area contributed by atoms with Gasteiger partial charge in [0.05, 0.1) is 29.1 Å². The smallest absolute Gasteiger partial charge is 0.243 e. The summed E-state index contributed by atoms with van der Waals surface area (Å²) in [6, 6.07) is 5.02. The minimum absolute atomic E-state index is 0.00552. The van der Waals surface area contributed by atoms with Crippen molar-refractivity contribution in [3.63, 3.8) is 0 Å². The summed E-state index contributed by atoms with van der Waals surface area (Å²) in [5.41, 5.74) is 1.49. The van der Waals surface area contributed by atoms with Crippen LogP contribution >= 0.6 is 0 Å². The van der Waals surface area contributed by atoms with Crippen LogP contribution in [0.5, 0.6) is 0 Å². The molecule has 1 saturated heterocycles. The molecule has 3 rings (SSSR count). The lowest BCUT2D eigenvalue weighted by molar-refractivity contribution is -0.120. The zero-order valence-corrected chi connectivity index (χ0v) is 15.9. The Kier molecular flexibility index (Phi) is 5.59. The number of nitrogens with zero attached hydrogens (tertiary/aromatic N) is 3. The van der Waals surface area contributed by atoms with Crippen molar-refractivity contribution in [2.24, 2.45) is 0 Å². The van der Waals surface area contributed by atoms with Gasteiger partial charge in [-0.25, -0.2) is 13.4 Å². The third kappa shape index (κ3) is 3.74. The molecule has 2 heterocycles. The molecule has 1 aliphatic rings. The second-order valence-corrected chi connectivity index (χ2v) is 8.12. The quantitative estimate of drug-likeness (QED) is 0.803. The second-order valence-electron chi connectivity index (χ2n) is 6.18. The highest BCUT2D eigenvalue weighted by Crippen LogP contribution is 2.23. The van der Waals surface area contributed by atoms with E-state index in [-0.39, 0.29) is 10.8 Å². The van der Waals surface area contributed by atoms with Crippen molar-refractivity contribution >= 4 is 27.0 Å². The van der Waals surface area contributed by atoms with Crippen molar-refractivity contribution in [1.29, 1.82) is 0 Å². The van der Waals surface area contributed by atoms with Gasteiger partial charge >= 0.3 is 0 Å². The number of aromatic nitrogens is 2. The Balaban J connectivity index is 1.84. The van der Waals surface area contributed by atoms with Gasteiger partial charge in [0.1, 0.15) is 5.82 Å². The van der Waals surface area contributed by atoms with Crippen molar-refractivity contribution < 1.29 is 17.9 Å². The zero-order valence-electron chi connectivity index (χ0n) is 15.1. The average molecular weight is 380 g/mol. The maximum absolute atomic E-state index is 12.8. The number of sulfonamides is 1. The summed E-state index contributed by atoms with van der Waals surface area (Å²) in [6.07, 6.45) is 0.451. The number of ether oxygens (including phenoxy) is 1. The molecule has 8 nitrogen and oxygen atoms in total. The number of hydrogen-bond donors (Lipinski definition) is 1. The van der Waals surface area contributed by atoms with Crippen LogP contribution in [0.2, 0.25) is 0 Å². The Morgan fingerprint density at radius 3 is 2.73 bits per heavy atom. The first-order valence-corrected chi connectivity index (χ1v) is 10.2. The molecule has 0 spiro atoms. The number of carbonyl (C=O) groups is 1. The zero-order chi connectivity index (χ0) is 18.7. The van der Waals surface area contributed by atoms with E-state index >= 15 is 0 Å².